The molecule has 2 amide bonds. The summed E-state index contributed by atoms with van der Waals surface area (Å²) in [5.41, 5.74) is 2.78. The van der Waals surface area contributed by atoms with Crippen molar-refractivity contribution in [2.75, 3.05) is 63.2 Å². The molecule has 14 heteroatoms. The number of aryl methyl sites for hydroxylation is 1. The van der Waals surface area contributed by atoms with E-state index in [-0.39, 0.29) is 17.4 Å². The zero-order chi connectivity index (χ0) is 29.9. The highest BCUT2D eigenvalue weighted by molar-refractivity contribution is 6.06. The Morgan fingerprint density at radius 1 is 0.975 bits per heavy atom. The first-order valence-corrected chi connectivity index (χ1v) is 12.1. The van der Waals surface area contributed by atoms with Crippen LogP contribution in [0.3, 0.4) is 0 Å². The number of ether oxygens (including phenoxy) is 1. The van der Waals surface area contributed by atoms with Crippen molar-refractivity contribution in [3.8, 4) is 0 Å². The van der Waals surface area contributed by atoms with E-state index in [0.717, 1.165) is 11.3 Å². The number of aliphatic carboxylic acids is 1. The van der Waals surface area contributed by atoms with Gasteiger partial charge in [0.15, 0.2) is 0 Å². The van der Waals surface area contributed by atoms with Gasteiger partial charge in [0, 0.05) is 45.4 Å². The molecule has 1 aliphatic heterocycles. The Hall–Kier alpha value is -4.17. The summed E-state index contributed by atoms with van der Waals surface area (Å²) in [5, 5.41) is 22.2. The van der Waals surface area contributed by atoms with E-state index in [1.807, 2.05) is 19.1 Å². The summed E-state index contributed by atoms with van der Waals surface area (Å²) < 4.78 is 36.7. The molecule has 0 aliphatic carbocycles. The monoisotopic (exact) mass is 568 g/mol. The molecular formula is C26H31F3N4O7. The van der Waals surface area contributed by atoms with Crippen molar-refractivity contribution in [2.24, 2.45) is 0 Å². The lowest BCUT2D eigenvalue weighted by atomic mass is 10.1. The average Bonchev–Trinajstić information content (AvgIpc) is 2.89. The summed E-state index contributed by atoms with van der Waals surface area (Å²) in [6.07, 6.45) is -5.08. The molecule has 0 aromatic heterocycles. The molecule has 218 valence electrons. The number of aromatic carboxylic acids is 1. The molecule has 0 unspecified atom stereocenters. The van der Waals surface area contributed by atoms with Gasteiger partial charge in [-0.05, 0) is 37.3 Å². The van der Waals surface area contributed by atoms with Crippen LogP contribution >= 0.6 is 0 Å². The quantitative estimate of drug-likeness (QED) is 0.335. The number of piperazine rings is 1. The number of carbonyl (C=O) groups excluding carboxylic acids is 2. The van der Waals surface area contributed by atoms with Crippen molar-refractivity contribution >= 4 is 35.1 Å². The molecule has 1 heterocycles. The SMILES string of the molecule is COCCNC(=O)CN1CCN(c2ccc(C(=O)O)cc2NC(=O)c2cccc(C)c2)CC1.O=C(O)C(F)(F)F. The van der Waals surface area contributed by atoms with Crippen LogP contribution in [0.5, 0.6) is 0 Å². The third-order valence-electron chi connectivity index (χ3n) is 5.72. The standard InChI is InChI=1S/C24H30N4O5.C2HF3O2/c1-17-4-3-5-18(14-17)23(30)26-20-15-19(24(31)32)6-7-21(20)28-11-9-27(10-12-28)16-22(29)25-8-13-33-2;3-2(4,5)1(6)7/h3-7,14-15H,8-13,16H2,1-2H3,(H,25,29)(H,26,30)(H,31,32);(H,6,7). The van der Waals surface area contributed by atoms with Crippen molar-refractivity contribution in [3.05, 3.63) is 59.2 Å². The van der Waals surface area contributed by atoms with Gasteiger partial charge in [-0.15, -0.1) is 0 Å². The number of halogens is 3. The first-order valence-electron chi connectivity index (χ1n) is 12.1. The molecule has 1 fully saturated rings. The van der Waals surface area contributed by atoms with E-state index in [4.69, 9.17) is 14.6 Å². The Morgan fingerprint density at radius 2 is 1.62 bits per heavy atom. The summed E-state index contributed by atoms with van der Waals surface area (Å²) in [4.78, 5) is 49.4. The lowest BCUT2D eigenvalue weighted by Gasteiger charge is -2.36. The Kier molecular flexibility index (Phi) is 11.9. The Bertz CT molecular complexity index is 1200. The van der Waals surface area contributed by atoms with Gasteiger partial charge in [0.2, 0.25) is 5.91 Å². The fourth-order valence-corrected chi connectivity index (χ4v) is 3.72. The molecule has 0 atom stereocenters. The van der Waals surface area contributed by atoms with Crippen LogP contribution in [0, 0.1) is 6.92 Å². The van der Waals surface area contributed by atoms with Crippen LogP contribution in [-0.2, 0) is 14.3 Å². The van der Waals surface area contributed by atoms with Crippen LogP contribution < -0.4 is 15.5 Å². The smallest absolute Gasteiger partial charge is 0.478 e. The van der Waals surface area contributed by atoms with E-state index in [2.05, 4.69) is 20.4 Å². The van der Waals surface area contributed by atoms with Gasteiger partial charge in [-0.1, -0.05) is 17.7 Å². The molecule has 11 nitrogen and oxygen atoms in total. The number of amides is 2. The van der Waals surface area contributed by atoms with Crippen LogP contribution in [0.1, 0.15) is 26.3 Å². The van der Waals surface area contributed by atoms with Crippen LogP contribution in [0.15, 0.2) is 42.5 Å². The minimum atomic E-state index is -5.08. The van der Waals surface area contributed by atoms with Crippen molar-refractivity contribution in [2.45, 2.75) is 13.1 Å². The maximum Gasteiger partial charge on any atom is 0.490 e. The number of hydrogen-bond acceptors (Lipinski definition) is 7. The predicted molar refractivity (Wildman–Crippen MR) is 140 cm³/mol. The number of carboxylic acid groups (broad SMARTS) is 2. The molecule has 0 bridgehead atoms. The van der Waals surface area contributed by atoms with Crippen molar-refractivity contribution in [1.29, 1.82) is 0 Å². The number of nitrogens with zero attached hydrogens (tertiary/aromatic N) is 2. The number of nitrogens with one attached hydrogen (secondary N) is 2. The second-order valence-corrected chi connectivity index (χ2v) is 8.77. The second-order valence-electron chi connectivity index (χ2n) is 8.77. The largest absolute Gasteiger partial charge is 0.490 e. The minimum absolute atomic E-state index is 0.0441. The number of alkyl halides is 3. The molecule has 3 rings (SSSR count). The topological polar surface area (TPSA) is 149 Å². The third kappa shape index (κ3) is 10.2. The van der Waals surface area contributed by atoms with Crippen LogP contribution in [0.4, 0.5) is 24.5 Å². The molecular weight excluding hydrogens is 537 g/mol. The molecule has 2 aromatic carbocycles. The molecule has 0 spiro atoms. The summed E-state index contributed by atoms with van der Waals surface area (Å²) >= 11 is 0. The van der Waals surface area contributed by atoms with Crippen LogP contribution in [0.25, 0.3) is 0 Å². The minimum Gasteiger partial charge on any atom is -0.478 e. The average molecular weight is 569 g/mol. The lowest BCUT2D eigenvalue weighted by Crippen LogP contribution is -2.50. The highest BCUT2D eigenvalue weighted by Gasteiger charge is 2.38. The summed E-state index contributed by atoms with van der Waals surface area (Å²) in [6.45, 7) is 5.80. The summed E-state index contributed by atoms with van der Waals surface area (Å²) in [6, 6.07) is 12.0. The van der Waals surface area contributed by atoms with Crippen molar-refractivity contribution in [1.82, 2.24) is 10.2 Å². The fraction of sp³-hybridized carbons (Fsp3) is 0.385. The van der Waals surface area contributed by atoms with E-state index in [1.165, 1.54) is 12.1 Å². The van der Waals surface area contributed by atoms with Gasteiger partial charge in [-0.3, -0.25) is 14.5 Å². The molecule has 0 saturated carbocycles. The van der Waals surface area contributed by atoms with Crippen LogP contribution in [0.2, 0.25) is 0 Å². The van der Waals surface area contributed by atoms with Gasteiger partial charge in [-0.2, -0.15) is 13.2 Å². The van der Waals surface area contributed by atoms with Gasteiger partial charge in [-0.25, -0.2) is 9.59 Å². The first-order chi connectivity index (χ1) is 18.8. The predicted octanol–water partition coefficient (Wildman–Crippen LogP) is 2.46. The Balaban J connectivity index is 0.000000708. The van der Waals surface area contributed by atoms with Crippen molar-refractivity contribution in [3.63, 3.8) is 0 Å². The number of methoxy groups -OCH3 is 1. The van der Waals surface area contributed by atoms with Crippen LogP contribution in [-0.4, -0.2) is 98.0 Å². The highest BCUT2D eigenvalue weighted by Crippen LogP contribution is 2.29. The molecule has 4 N–H and O–H groups in total. The Morgan fingerprint density at radius 3 is 2.17 bits per heavy atom. The van der Waals surface area contributed by atoms with Gasteiger partial charge in [0.25, 0.3) is 5.91 Å². The Labute approximate surface area is 228 Å². The van der Waals surface area contributed by atoms with E-state index in [0.29, 0.717) is 57.1 Å². The summed E-state index contributed by atoms with van der Waals surface area (Å²) in [7, 11) is 1.59. The number of benzene rings is 2. The van der Waals surface area contributed by atoms with Crippen molar-refractivity contribution < 1.29 is 47.3 Å². The number of hydrogen-bond donors (Lipinski definition) is 4. The molecule has 0 radical (unpaired) electrons. The fourth-order valence-electron chi connectivity index (χ4n) is 3.72. The number of anilines is 2. The first kappa shape index (κ1) is 32.0. The molecule has 40 heavy (non-hydrogen) atoms. The summed E-state index contributed by atoms with van der Waals surface area (Å²) in [5.74, 6) is -4.16. The zero-order valence-electron chi connectivity index (χ0n) is 22.0. The lowest BCUT2D eigenvalue weighted by molar-refractivity contribution is -0.192. The number of carboxylic acids is 2. The zero-order valence-corrected chi connectivity index (χ0v) is 22.0. The van der Waals surface area contributed by atoms with Gasteiger partial charge < -0.3 is 30.5 Å². The number of rotatable bonds is 9. The molecule has 1 aliphatic rings. The highest BCUT2D eigenvalue weighted by atomic mass is 19.4. The van der Waals surface area contributed by atoms with E-state index >= 15 is 0 Å². The maximum absolute atomic E-state index is 12.8. The van der Waals surface area contributed by atoms with Gasteiger partial charge >= 0.3 is 18.1 Å². The van der Waals surface area contributed by atoms with Gasteiger partial charge in [0.1, 0.15) is 0 Å². The maximum atomic E-state index is 12.8. The third-order valence-corrected chi connectivity index (χ3v) is 5.72. The normalized spacial score (nSPS) is 13.6. The van der Waals surface area contributed by atoms with E-state index < -0.39 is 18.1 Å². The van der Waals surface area contributed by atoms with E-state index in [1.54, 1.807) is 25.3 Å². The van der Waals surface area contributed by atoms with E-state index in [9.17, 15) is 32.7 Å². The van der Waals surface area contributed by atoms with Gasteiger partial charge in [0.05, 0.1) is 30.1 Å². The second kappa shape index (κ2) is 14.8. The number of carbonyl (C=O) groups is 4. The molecule has 2 aromatic rings. The molecule has 1 saturated heterocycles.